The second-order valence-corrected chi connectivity index (χ2v) is 7.18. The summed E-state index contributed by atoms with van der Waals surface area (Å²) in [4.78, 5) is 17.4. The molecule has 2 heterocycles. The molecule has 0 aliphatic carbocycles. The van der Waals surface area contributed by atoms with E-state index < -0.39 is 0 Å². The van der Waals surface area contributed by atoms with Gasteiger partial charge in [0.25, 0.3) is 5.91 Å². The van der Waals surface area contributed by atoms with Gasteiger partial charge in [-0.15, -0.1) is 0 Å². The molecule has 6 nitrogen and oxygen atoms in total. The molecule has 1 N–H and O–H groups in total. The van der Waals surface area contributed by atoms with Crippen LogP contribution in [0.3, 0.4) is 0 Å². The van der Waals surface area contributed by atoms with Gasteiger partial charge in [-0.1, -0.05) is 18.2 Å². The van der Waals surface area contributed by atoms with Crippen LogP contribution < -0.4 is 15.6 Å². The molecule has 1 aliphatic rings. The number of carbonyl (C=O) groups is 1. The van der Waals surface area contributed by atoms with Crippen molar-refractivity contribution in [3.63, 3.8) is 0 Å². The zero-order valence-electron chi connectivity index (χ0n) is 16.9. The third-order valence-electron chi connectivity index (χ3n) is 5.18. The summed E-state index contributed by atoms with van der Waals surface area (Å²) in [5.74, 6) is -0.183. The maximum absolute atomic E-state index is 14.0. The van der Waals surface area contributed by atoms with Gasteiger partial charge in [0.15, 0.2) is 11.3 Å². The Hall–Kier alpha value is -3.19. The first-order valence-corrected chi connectivity index (χ1v) is 9.87. The van der Waals surface area contributed by atoms with Gasteiger partial charge in [0.2, 0.25) is 5.55 Å². The van der Waals surface area contributed by atoms with E-state index in [2.05, 4.69) is 10.3 Å². The molecule has 0 radical (unpaired) electrons. The molecule has 0 unspecified atom stereocenters. The number of fused-ring (bicyclic) bond motifs is 1. The highest BCUT2D eigenvalue weighted by Gasteiger charge is 2.19. The molecule has 0 saturated carbocycles. The number of ether oxygens (including phenoxy) is 2. The zero-order valence-corrected chi connectivity index (χ0v) is 16.9. The highest BCUT2D eigenvalue weighted by Crippen LogP contribution is 2.26. The lowest BCUT2D eigenvalue weighted by Gasteiger charge is -2.12. The van der Waals surface area contributed by atoms with Crippen molar-refractivity contribution in [3.05, 3.63) is 65.0 Å². The largest absolute Gasteiger partial charge is 0.493 e. The van der Waals surface area contributed by atoms with Gasteiger partial charge >= 0.3 is 0 Å². The van der Waals surface area contributed by atoms with Crippen molar-refractivity contribution >= 4 is 22.6 Å². The number of benzene rings is 2. The van der Waals surface area contributed by atoms with Gasteiger partial charge in [0, 0.05) is 24.1 Å². The number of para-hydroxylation sites is 1. The minimum atomic E-state index is -0.376. The topological polar surface area (TPSA) is 73.1 Å². The number of carbonyl (C=O) groups excluding carboxylic acids is 1. The lowest BCUT2D eigenvalue weighted by Crippen LogP contribution is -2.34. The molecule has 2 aromatic carbocycles. The zero-order chi connectivity index (χ0) is 21.1. The summed E-state index contributed by atoms with van der Waals surface area (Å²) >= 11 is 0. The average Bonchev–Trinajstić information content (AvgIpc) is 3.28. The van der Waals surface area contributed by atoms with Crippen molar-refractivity contribution in [1.82, 2.24) is 5.32 Å². The van der Waals surface area contributed by atoms with Crippen LogP contribution in [-0.4, -0.2) is 32.3 Å². The molecule has 1 amide bonds. The molecular formula is C23H23FN2O4. The van der Waals surface area contributed by atoms with E-state index in [-0.39, 0.29) is 28.9 Å². The van der Waals surface area contributed by atoms with Crippen LogP contribution in [0.5, 0.6) is 5.75 Å². The van der Waals surface area contributed by atoms with E-state index in [1.807, 2.05) is 12.1 Å². The second-order valence-electron chi connectivity index (χ2n) is 7.18. The highest BCUT2D eigenvalue weighted by molar-refractivity contribution is 5.97. The summed E-state index contributed by atoms with van der Waals surface area (Å²) in [7, 11) is 1.54. The highest BCUT2D eigenvalue weighted by atomic mass is 19.1. The number of hydrogen-bond acceptors (Lipinski definition) is 5. The van der Waals surface area contributed by atoms with Crippen molar-refractivity contribution in [2.24, 2.45) is 4.99 Å². The van der Waals surface area contributed by atoms with E-state index in [4.69, 9.17) is 13.9 Å². The van der Waals surface area contributed by atoms with Crippen molar-refractivity contribution in [2.75, 3.05) is 20.3 Å². The van der Waals surface area contributed by atoms with Crippen molar-refractivity contribution < 1.29 is 23.1 Å². The first kappa shape index (κ1) is 20.1. The Labute approximate surface area is 173 Å². The molecule has 30 heavy (non-hydrogen) atoms. The minimum absolute atomic E-state index is 0.0114. The van der Waals surface area contributed by atoms with Crippen LogP contribution in [0.4, 0.5) is 10.1 Å². The lowest BCUT2D eigenvalue weighted by atomic mass is 10.1. The third-order valence-corrected chi connectivity index (χ3v) is 5.18. The predicted molar refractivity (Wildman–Crippen MR) is 110 cm³/mol. The summed E-state index contributed by atoms with van der Waals surface area (Å²) in [6, 6.07) is 11.7. The normalized spacial score (nSPS) is 16.8. The summed E-state index contributed by atoms with van der Waals surface area (Å²) in [5.41, 5.74) is 1.58. The van der Waals surface area contributed by atoms with Crippen LogP contribution >= 0.6 is 0 Å². The minimum Gasteiger partial charge on any atom is -0.493 e. The quantitative estimate of drug-likeness (QED) is 0.689. The Balaban J connectivity index is 1.82. The van der Waals surface area contributed by atoms with Gasteiger partial charge in [0.1, 0.15) is 11.4 Å². The average molecular weight is 410 g/mol. The van der Waals surface area contributed by atoms with E-state index >= 15 is 0 Å². The van der Waals surface area contributed by atoms with Gasteiger partial charge in [0.05, 0.1) is 18.9 Å². The van der Waals surface area contributed by atoms with Crippen molar-refractivity contribution in [3.8, 4) is 5.75 Å². The standard InChI is InChI=1S/C23H23FN2O4/c1-14-18(24)8-4-9-19(14)26-23-17(22(27)25-13-16-7-5-11-29-16)12-15-6-3-10-20(28-2)21(15)30-23/h3-4,6,8-10,12,16H,5,7,11,13H2,1-2H3,(H,25,27)/t16-/m1/s1. The third kappa shape index (κ3) is 4.07. The van der Waals surface area contributed by atoms with Gasteiger partial charge in [-0.05, 0) is 44.0 Å². The Morgan fingerprint density at radius 1 is 1.30 bits per heavy atom. The Bertz CT molecular complexity index is 1150. The molecule has 1 aromatic heterocycles. The molecule has 1 aliphatic heterocycles. The fourth-order valence-corrected chi connectivity index (χ4v) is 3.46. The van der Waals surface area contributed by atoms with Gasteiger partial charge < -0.3 is 19.2 Å². The Morgan fingerprint density at radius 2 is 2.13 bits per heavy atom. The molecule has 7 heteroatoms. The Morgan fingerprint density at radius 3 is 2.90 bits per heavy atom. The van der Waals surface area contributed by atoms with Gasteiger partial charge in [-0.2, -0.15) is 0 Å². The number of rotatable bonds is 5. The summed E-state index contributed by atoms with van der Waals surface area (Å²) in [5, 5.41) is 3.60. The fraction of sp³-hybridized carbons (Fsp3) is 0.304. The molecule has 0 spiro atoms. The molecule has 3 aromatic rings. The SMILES string of the molecule is COc1cccc2cc(C(=O)NC[C@H]3CCCO3)c(=Nc3cccc(F)c3C)oc12. The molecular weight excluding hydrogens is 387 g/mol. The summed E-state index contributed by atoms with van der Waals surface area (Å²) in [6.45, 7) is 2.76. The van der Waals surface area contributed by atoms with E-state index in [0.717, 1.165) is 12.8 Å². The summed E-state index contributed by atoms with van der Waals surface area (Å²) in [6.07, 6.45) is 1.92. The summed E-state index contributed by atoms with van der Waals surface area (Å²) < 4.78 is 31.0. The molecule has 0 bridgehead atoms. The number of nitrogens with zero attached hydrogens (tertiary/aromatic N) is 1. The van der Waals surface area contributed by atoms with Crippen LogP contribution in [0.25, 0.3) is 11.0 Å². The van der Waals surface area contributed by atoms with E-state index in [1.165, 1.54) is 6.07 Å². The Kier molecular flexibility index (Phi) is 5.81. The van der Waals surface area contributed by atoms with E-state index in [9.17, 15) is 9.18 Å². The van der Waals surface area contributed by atoms with E-state index in [1.54, 1.807) is 38.3 Å². The molecule has 1 saturated heterocycles. The van der Waals surface area contributed by atoms with Gasteiger partial charge in [-0.25, -0.2) is 9.38 Å². The van der Waals surface area contributed by atoms with Crippen LogP contribution in [0.2, 0.25) is 0 Å². The monoisotopic (exact) mass is 410 g/mol. The predicted octanol–water partition coefficient (Wildman–Crippen LogP) is 4.03. The number of halogens is 1. The van der Waals surface area contributed by atoms with E-state index in [0.29, 0.717) is 41.1 Å². The molecule has 4 rings (SSSR count). The maximum Gasteiger partial charge on any atom is 0.256 e. The number of hydrogen-bond donors (Lipinski definition) is 1. The number of methoxy groups -OCH3 is 1. The maximum atomic E-state index is 14.0. The van der Waals surface area contributed by atoms with Gasteiger partial charge in [-0.3, -0.25) is 4.79 Å². The first-order valence-electron chi connectivity index (χ1n) is 9.87. The van der Waals surface area contributed by atoms with Crippen LogP contribution in [0, 0.1) is 12.7 Å². The van der Waals surface area contributed by atoms with Crippen molar-refractivity contribution in [2.45, 2.75) is 25.9 Å². The fourth-order valence-electron chi connectivity index (χ4n) is 3.46. The van der Waals surface area contributed by atoms with Crippen LogP contribution in [0.1, 0.15) is 28.8 Å². The van der Waals surface area contributed by atoms with Crippen LogP contribution in [-0.2, 0) is 4.74 Å². The second kappa shape index (κ2) is 8.67. The smallest absolute Gasteiger partial charge is 0.256 e. The number of nitrogens with one attached hydrogen (secondary N) is 1. The lowest BCUT2D eigenvalue weighted by molar-refractivity contribution is 0.0854. The van der Waals surface area contributed by atoms with Crippen LogP contribution in [0.15, 0.2) is 51.9 Å². The molecule has 156 valence electrons. The molecule has 1 atom stereocenters. The van der Waals surface area contributed by atoms with Crippen molar-refractivity contribution in [1.29, 1.82) is 0 Å². The number of amides is 1. The first-order chi connectivity index (χ1) is 14.6. The molecule has 1 fully saturated rings.